The zero-order valence-electron chi connectivity index (χ0n) is 31.5. The lowest BCUT2D eigenvalue weighted by atomic mass is 9.95. The maximum atomic E-state index is 13.8. The Morgan fingerprint density at radius 1 is 0.827 bits per heavy atom. The predicted molar refractivity (Wildman–Crippen MR) is 197 cm³/mol. The van der Waals surface area contributed by atoms with Crippen molar-refractivity contribution in [3.8, 4) is 0 Å². The third kappa shape index (κ3) is 9.94. The number of amides is 5. The number of benzene rings is 1. The fourth-order valence-corrected chi connectivity index (χ4v) is 7.10. The van der Waals surface area contributed by atoms with Gasteiger partial charge in [0.05, 0.1) is 29.5 Å². The van der Waals surface area contributed by atoms with Gasteiger partial charge < -0.3 is 36.2 Å². The Hall–Kier alpha value is -4.37. The first kappa shape index (κ1) is 42.0. The van der Waals surface area contributed by atoms with Crippen LogP contribution in [0.15, 0.2) is 24.3 Å². The van der Waals surface area contributed by atoms with Crippen LogP contribution in [0.25, 0.3) is 0 Å². The Morgan fingerprint density at radius 2 is 1.37 bits per heavy atom. The third-order valence-electron chi connectivity index (χ3n) is 9.34. The van der Waals surface area contributed by atoms with E-state index in [4.69, 9.17) is 10.5 Å². The van der Waals surface area contributed by atoms with Crippen molar-refractivity contribution in [1.82, 2.24) is 20.4 Å². The topological polar surface area (TPSA) is 180 Å². The Kier molecular flexibility index (Phi) is 14.9. The summed E-state index contributed by atoms with van der Waals surface area (Å²) in [5, 5.41) is 8.55. The van der Waals surface area contributed by atoms with E-state index in [0.717, 1.165) is 11.3 Å². The number of piperazine rings is 1. The van der Waals surface area contributed by atoms with Gasteiger partial charge in [-0.3, -0.25) is 24.0 Å². The van der Waals surface area contributed by atoms with Crippen LogP contribution in [-0.2, 0) is 23.9 Å². The molecule has 1 fully saturated rings. The van der Waals surface area contributed by atoms with Gasteiger partial charge in [0.1, 0.15) is 22.9 Å². The summed E-state index contributed by atoms with van der Waals surface area (Å²) in [5.41, 5.74) is 7.03. The lowest BCUT2D eigenvalue weighted by molar-refractivity contribution is -0.140. The van der Waals surface area contributed by atoms with Gasteiger partial charge in [0, 0.05) is 26.2 Å². The van der Waals surface area contributed by atoms with Gasteiger partial charge in [-0.05, 0) is 54.4 Å². The van der Waals surface area contributed by atoms with Crippen LogP contribution in [0.1, 0.15) is 92.0 Å². The molecule has 5 amide bonds. The van der Waals surface area contributed by atoms with Crippen LogP contribution in [0.5, 0.6) is 0 Å². The summed E-state index contributed by atoms with van der Waals surface area (Å²) in [7, 11) is 1.21. The standard InChI is InChI=1S/C37H53FN6O7S/c1-10-25(23-11-13-24(38)14-12-23)31(45)42-34-26(37(50)51-9)22(8)30(52-34)36(49)44-17-15-43(16-18-44)35(48)29(21(6)7)41-33(47)28(20(4)5)40-32(46)27(39)19(2)3/h11-14,19-21,25,27-29H,10,15-18,39H2,1-9H3,(H,40,46)(H,41,47)(H,42,45)/t25?,27-,28-,29-/m1/s1. The molecule has 3 rings (SSSR count). The van der Waals surface area contributed by atoms with E-state index >= 15 is 0 Å². The summed E-state index contributed by atoms with van der Waals surface area (Å²) in [6, 6.07) is 3.07. The normalized spacial score (nSPS) is 15.6. The Labute approximate surface area is 309 Å². The minimum atomic E-state index is -0.893. The predicted octanol–water partition coefficient (Wildman–Crippen LogP) is 3.66. The van der Waals surface area contributed by atoms with Crippen molar-refractivity contribution in [2.75, 3.05) is 38.6 Å². The number of esters is 1. The van der Waals surface area contributed by atoms with Crippen LogP contribution >= 0.6 is 11.3 Å². The zero-order valence-corrected chi connectivity index (χ0v) is 32.3. The number of thiophene rings is 1. The number of hydrogen-bond acceptors (Lipinski definition) is 9. The number of nitrogens with zero attached hydrogens (tertiary/aromatic N) is 2. The van der Waals surface area contributed by atoms with Crippen LogP contribution in [0.3, 0.4) is 0 Å². The number of methoxy groups -OCH3 is 1. The van der Waals surface area contributed by atoms with Gasteiger partial charge in [-0.15, -0.1) is 11.3 Å². The second kappa shape index (κ2) is 18.4. The fourth-order valence-electron chi connectivity index (χ4n) is 5.93. The third-order valence-corrected chi connectivity index (χ3v) is 10.5. The number of nitrogens with two attached hydrogens (primary N) is 1. The lowest BCUT2D eigenvalue weighted by Gasteiger charge is -2.37. The Bertz CT molecular complexity index is 1620. The molecule has 1 saturated heterocycles. The number of anilines is 1. The number of carbonyl (C=O) groups excluding carboxylic acids is 6. The van der Waals surface area contributed by atoms with Gasteiger partial charge in [-0.1, -0.05) is 60.6 Å². The van der Waals surface area contributed by atoms with Crippen molar-refractivity contribution in [1.29, 1.82) is 0 Å². The molecule has 1 aliphatic heterocycles. The molecule has 1 aliphatic rings. The molecule has 0 spiro atoms. The average Bonchev–Trinajstić information content (AvgIpc) is 3.43. The first-order valence-corrected chi connectivity index (χ1v) is 18.5. The van der Waals surface area contributed by atoms with E-state index in [0.29, 0.717) is 17.5 Å². The monoisotopic (exact) mass is 744 g/mol. The number of hydrogen-bond donors (Lipinski definition) is 4. The molecule has 2 heterocycles. The van der Waals surface area contributed by atoms with Crippen molar-refractivity contribution in [2.45, 2.75) is 85.9 Å². The van der Waals surface area contributed by atoms with Crippen LogP contribution in [0.2, 0.25) is 0 Å². The maximum absolute atomic E-state index is 13.8. The number of ether oxygens (including phenoxy) is 1. The molecule has 0 radical (unpaired) electrons. The van der Waals surface area contributed by atoms with Gasteiger partial charge in [0.2, 0.25) is 23.6 Å². The molecule has 1 aromatic carbocycles. The highest BCUT2D eigenvalue weighted by atomic mass is 32.1. The second-order valence-electron chi connectivity index (χ2n) is 14.1. The molecule has 0 bridgehead atoms. The van der Waals surface area contributed by atoms with Crippen molar-refractivity contribution < 1.29 is 37.9 Å². The quantitative estimate of drug-likeness (QED) is 0.212. The van der Waals surface area contributed by atoms with Gasteiger partial charge in [0.25, 0.3) is 5.91 Å². The molecule has 15 heteroatoms. The molecule has 2 aromatic rings. The number of halogens is 1. The van der Waals surface area contributed by atoms with Crippen molar-refractivity contribution in [3.05, 3.63) is 51.7 Å². The summed E-state index contributed by atoms with van der Waals surface area (Å²) in [6.45, 7) is 15.1. The van der Waals surface area contributed by atoms with Gasteiger partial charge >= 0.3 is 5.97 Å². The van der Waals surface area contributed by atoms with E-state index in [1.165, 1.54) is 31.4 Å². The fraction of sp³-hybridized carbons (Fsp3) is 0.568. The minimum Gasteiger partial charge on any atom is -0.465 e. The molecule has 5 N–H and O–H groups in total. The highest BCUT2D eigenvalue weighted by Crippen LogP contribution is 2.36. The minimum absolute atomic E-state index is 0.0737. The first-order chi connectivity index (χ1) is 24.4. The molecule has 1 unspecified atom stereocenters. The van der Waals surface area contributed by atoms with Crippen molar-refractivity contribution in [2.24, 2.45) is 23.5 Å². The molecule has 13 nitrogen and oxygen atoms in total. The van der Waals surface area contributed by atoms with E-state index in [9.17, 15) is 33.2 Å². The maximum Gasteiger partial charge on any atom is 0.341 e. The molecule has 0 aliphatic carbocycles. The smallest absolute Gasteiger partial charge is 0.341 e. The van der Waals surface area contributed by atoms with E-state index in [-0.39, 0.29) is 71.2 Å². The summed E-state index contributed by atoms with van der Waals surface area (Å²) >= 11 is 0.971. The summed E-state index contributed by atoms with van der Waals surface area (Å²) in [4.78, 5) is 83.3. The van der Waals surface area contributed by atoms with E-state index in [2.05, 4.69) is 16.0 Å². The molecule has 52 heavy (non-hydrogen) atoms. The SMILES string of the molecule is CCC(C(=O)Nc1sc(C(=O)N2CCN(C(=O)[C@H](NC(=O)[C@H](NC(=O)[C@H](N)C(C)C)C(C)C)C(C)C)CC2)c(C)c1C(=O)OC)c1ccc(F)cc1. The van der Waals surface area contributed by atoms with Crippen LogP contribution in [0, 0.1) is 30.5 Å². The van der Waals surface area contributed by atoms with E-state index < -0.39 is 53.6 Å². The second-order valence-corrected chi connectivity index (χ2v) is 15.1. The summed E-state index contributed by atoms with van der Waals surface area (Å²) in [6.07, 6.45) is 0.410. The van der Waals surface area contributed by atoms with Crippen molar-refractivity contribution in [3.63, 3.8) is 0 Å². The first-order valence-electron chi connectivity index (χ1n) is 17.7. The van der Waals surface area contributed by atoms with Crippen LogP contribution in [0.4, 0.5) is 9.39 Å². The summed E-state index contributed by atoms with van der Waals surface area (Å²) in [5.74, 6) is -4.44. The van der Waals surface area contributed by atoms with Crippen LogP contribution in [-0.4, -0.2) is 96.7 Å². The average molecular weight is 745 g/mol. The lowest BCUT2D eigenvalue weighted by Crippen LogP contribution is -2.61. The molecule has 1 aromatic heterocycles. The summed E-state index contributed by atoms with van der Waals surface area (Å²) < 4.78 is 18.5. The molecular formula is C37H53FN6O7S. The zero-order chi connectivity index (χ0) is 39.0. The molecule has 0 saturated carbocycles. The van der Waals surface area contributed by atoms with Crippen LogP contribution < -0.4 is 21.7 Å². The molecular weight excluding hydrogens is 692 g/mol. The van der Waals surface area contributed by atoms with Crippen molar-refractivity contribution >= 4 is 51.8 Å². The highest BCUT2D eigenvalue weighted by molar-refractivity contribution is 7.18. The molecule has 4 atom stereocenters. The number of rotatable bonds is 14. The Morgan fingerprint density at radius 3 is 1.87 bits per heavy atom. The van der Waals surface area contributed by atoms with Gasteiger partial charge in [-0.2, -0.15) is 0 Å². The number of carbonyl (C=O) groups is 6. The van der Waals surface area contributed by atoms with Gasteiger partial charge in [-0.25, -0.2) is 9.18 Å². The van der Waals surface area contributed by atoms with E-state index in [1.807, 2.05) is 34.6 Å². The van der Waals surface area contributed by atoms with E-state index in [1.54, 1.807) is 30.6 Å². The largest absolute Gasteiger partial charge is 0.465 e. The highest BCUT2D eigenvalue weighted by Gasteiger charge is 2.36. The molecule has 286 valence electrons. The number of nitrogens with one attached hydrogen (secondary N) is 3. The Balaban J connectivity index is 1.74. The van der Waals surface area contributed by atoms with Gasteiger partial charge in [0.15, 0.2) is 0 Å².